The Hall–Kier alpha value is -2.71. The SMILES string of the molecule is COc1ccccc1-c1nc(N2CCN(C(=O)[C@H](O)CC(C)C)CC2)c2cc(Br)ccc2n1. The lowest BCUT2D eigenvalue weighted by atomic mass is 10.0. The molecule has 8 heteroatoms. The van der Waals surface area contributed by atoms with Crippen molar-refractivity contribution in [2.24, 2.45) is 5.92 Å². The number of anilines is 1. The lowest BCUT2D eigenvalue weighted by Gasteiger charge is -2.37. The minimum absolute atomic E-state index is 0.187. The number of fused-ring (bicyclic) bond motifs is 1. The predicted molar refractivity (Wildman–Crippen MR) is 133 cm³/mol. The molecule has 1 saturated heterocycles. The highest BCUT2D eigenvalue weighted by atomic mass is 79.9. The predicted octanol–water partition coefficient (Wildman–Crippen LogP) is 4.12. The average Bonchev–Trinajstić information content (AvgIpc) is 2.82. The van der Waals surface area contributed by atoms with Crippen molar-refractivity contribution in [1.82, 2.24) is 14.9 Å². The maximum atomic E-state index is 12.7. The number of carbonyl (C=O) groups is 1. The number of rotatable bonds is 6. The summed E-state index contributed by atoms with van der Waals surface area (Å²) in [5, 5.41) is 11.2. The van der Waals surface area contributed by atoms with Crippen LogP contribution in [0.15, 0.2) is 46.9 Å². The molecule has 1 atom stereocenters. The zero-order valence-electron chi connectivity index (χ0n) is 19.2. The molecule has 0 spiro atoms. The van der Waals surface area contributed by atoms with E-state index in [9.17, 15) is 9.90 Å². The van der Waals surface area contributed by atoms with Crippen molar-refractivity contribution >= 4 is 38.6 Å². The van der Waals surface area contributed by atoms with Crippen LogP contribution in [0.2, 0.25) is 0 Å². The van der Waals surface area contributed by atoms with Crippen molar-refractivity contribution in [1.29, 1.82) is 0 Å². The van der Waals surface area contributed by atoms with Crippen LogP contribution in [0.3, 0.4) is 0 Å². The van der Waals surface area contributed by atoms with Gasteiger partial charge in [0.05, 0.1) is 18.2 Å². The van der Waals surface area contributed by atoms with Gasteiger partial charge in [0, 0.05) is 36.0 Å². The number of carbonyl (C=O) groups excluding carboxylic acids is 1. The largest absolute Gasteiger partial charge is 0.496 e. The summed E-state index contributed by atoms with van der Waals surface area (Å²) in [5.41, 5.74) is 1.67. The highest BCUT2D eigenvalue weighted by Crippen LogP contribution is 2.33. The van der Waals surface area contributed by atoms with Crippen molar-refractivity contribution in [2.75, 3.05) is 38.2 Å². The molecule has 0 saturated carbocycles. The van der Waals surface area contributed by atoms with Gasteiger partial charge in [0.25, 0.3) is 5.91 Å². The lowest BCUT2D eigenvalue weighted by molar-refractivity contribution is -0.141. The number of halogens is 1. The maximum Gasteiger partial charge on any atom is 0.251 e. The first-order chi connectivity index (χ1) is 15.9. The topological polar surface area (TPSA) is 78.8 Å². The number of benzene rings is 2. The molecule has 1 fully saturated rings. The first-order valence-corrected chi connectivity index (χ1v) is 12.0. The number of hydrogen-bond acceptors (Lipinski definition) is 6. The van der Waals surface area contributed by atoms with E-state index in [-0.39, 0.29) is 11.8 Å². The van der Waals surface area contributed by atoms with Crippen molar-refractivity contribution in [3.8, 4) is 17.1 Å². The number of ether oxygens (including phenoxy) is 1. The summed E-state index contributed by atoms with van der Waals surface area (Å²) < 4.78 is 6.49. The van der Waals surface area contributed by atoms with Gasteiger partial charge < -0.3 is 19.6 Å². The third-order valence-electron chi connectivity index (χ3n) is 5.86. The third-order valence-corrected chi connectivity index (χ3v) is 6.35. The van der Waals surface area contributed by atoms with Gasteiger partial charge in [-0.2, -0.15) is 0 Å². The number of amides is 1. The Kier molecular flexibility index (Phi) is 7.14. The van der Waals surface area contributed by atoms with Crippen molar-refractivity contribution in [2.45, 2.75) is 26.4 Å². The molecule has 0 radical (unpaired) electrons. The van der Waals surface area contributed by atoms with Crippen LogP contribution in [0.25, 0.3) is 22.3 Å². The van der Waals surface area contributed by atoms with Gasteiger partial charge in [-0.25, -0.2) is 9.97 Å². The van der Waals surface area contributed by atoms with E-state index in [0.29, 0.717) is 38.4 Å². The first kappa shape index (κ1) is 23.4. The van der Waals surface area contributed by atoms with Gasteiger partial charge in [0.15, 0.2) is 5.82 Å². The molecule has 0 bridgehead atoms. The fraction of sp³-hybridized carbons (Fsp3) is 0.400. The minimum Gasteiger partial charge on any atom is -0.496 e. The molecule has 1 aromatic heterocycles. The van der Waals surface area contributed by atoms with E-state index in [2.05, 4.69) is 20.8 Å². The molecule has 2 aromatic carbocycles. The molecule has 0 aliphatic carbocycles. The normalized spacial score (nSPS) is 15.2. The Morgan fingerprint density at radius 1 is 1.12 bits per heavy atom. The van der Waals surface area contributed by atoms with Gasteiger partial charge in [0.1, 0.15) is 17.7 Å². The Morgan fingerprint density at radius 3 is 2.55 bits per heavy atom. The highest BCUT2D eigenvalue weighted by molar-refractivity contribution is 9.10. The minimum atomic E-state index is -0.940. The summed E-state index contributed by atoms with van der Waals surface area (Å²) in [5.74, 6) is 2.23. The summed E-state index contributed by atoms with van der Waals surface area (Å²) in [6.45, 7) is 6.35. The Labute approximate surface area is 202 Å². The summed E-state index contributed by atoms with van der Waals surface area (Å²) in [7, 11) is 1.64. The molecular formula is C25H29BrN4O3. The monoisotopic (exact) mass is 512 g/mol. The lowest BCUT2D eigenvalue weighted by Crippen LogP contribution is -2.52. The fourth-order valence-corrected chi connectivity index (χ4v) is 4.53. The van der Waals surface area contributed by atoms with E-state index in [1.807, 2.05) is 56.3 Å². The van der Waals surface area contributed by atoms with Crippen LogP contribution in [-0.4, -0.2) is 65.3 Å². The number of aliphatic hydroxyl groups excluding tert-OH is 1. The summed E-state index contributed by atoms with van der Waals surface area (Å²) in [6.07, 6.45) is -0.462. The van der Waals surface area contributed by atoms with Crippen LogP contribution in [0.5, 0.6) is 5.75 Å². The van der Waals surface area contributed by atoms with E-state index < -0.39 is 6.10 Å². The van der Waals surface area contributed by atoms with Gasteiger partial charge >= 0.3 is 0 Å². The van der Waals surface area contributed by atoms with E-state index >= 15 is 0 Å². The second-order valence-electron chi connectivity index (χ2n) is 8.69. The summed E-state index contributed by atoms with van der Waals surface area (Å²) >= 11 is 3.57. The molecular weight excluding hydrogens is 484 g/mol. The van der Waals surface area contributed by atoms with E-state index in [1.54, 1.807) is 12.0 Å². The molecule has 2 heterocycles. The fourth-order valence-electron chi connectivity index (χ4n) is 4.17. The molecule has 1 aliphatic rings. The standard InChI is InChI=1S/C25H29BrN4O3/c1-16(2)14-21(31)25(32)30-12-10-29(11-13-30)24-19-15-17(26)8-9-20(19)27-23(28-24)18-6-4-5-7-22(18)33-3/h4-9,15-16,21,31H,10-14H2,1-3H3/t21-/m1/s1. The smallest absolute Gasteiger partial charge is 0.251 e. The number of hydrogen-bond donors (Lipinski definition) is 1. The Morgan fingerprint density at radius 2 is 1.85 bits per heavy atom. The summed E-state index contributed by atoms with van der Waals surface area (Å²) in [6, 6.07) is 13.7. The molecule has 1 N–H and O–H groups in total. The van der Waals surface area contributed by atoms with Crippen LogP contribution in [-0.2, 0) is 4.79 Å². The number of piperazine rings is 1. The van der Waals surface area contributed by atoms with Crippen molar-refractivity contribution in [3.63, 3.8) is 0 Å². The van der Waals surface area contributed by atoms with Gasteiger partial charge in [0.2, 0.25) is 0 Å². The number of aliphatic hydroxyl groups is 1. The molecule has 1 amide bonds. The van der Waals surface area contributed by atoms with Crippen LogP contribution in [0.4, 0.5) is 5.82 Å². The molecule has 7 nitrogen and oxygen atoms in total. The van der Waals surface area contributed by atoms with Gasteiger partial charge in [-0.3, -0.25) is 4.79 Å². The molecule has 0 unspecified atom stereocenters. The van der Waals surface area contributed by atoms with E-state index in [0.717, 1.165) is 32.5 Å². The quantitative estimate of drug-likeness (QED) is 0.535. The second kappa shape index (κ2) is 10.1. The van der Waals surface area contributed by atoms with Crippen LogP contribution < -0.4 is 9.64 Å². The molecule has 33 heavy (non-hydrogen) atoms. The number of aromatic nitrogens is 2. The van der Waals surface area contributed by atoms with Gasteiger partial charge in [-0.1, -0.05) is 41.9 Å². The number of methoxy groups -OCH3 is 1. The molecule has 174 valence electrons. The first-order valence-electron chi connectivity index (χ1n) is 11.2. The van der Waals surface area contributed by atoms with Crippen LogP contribution >= 0.6 is 15.9 Å². The molecule has 4 rings (SSSR count). The van der Waals surface area contributed by atoms with Crippen molar-refractivity contribution in [3.05, 3.63) is 46.9 Å². The third kappa shape index (κ3) is 5.12. The maximum absolute atomic E-state index is 12.7. The number of para-hydroxylation sites is 1. The van der Waals surface area contributed by atoms with Crippen molar-refractivity contribution < 1.29 is 14.6 Å². The summed E-state index contributed by atoms with van der Waals surface area (Å²) in [4.78, 5) is 26.4. The zero-order valence-corrected chi connectivity index (χ0v) is 20.7. The molecule has 1 aliphatic heterocycles. The second-order valence-corrected chi connectivity index (χ2v) is 9.61. The Bertz CT molecular complexity index is 1150. The average molecular weight is 513 g/mol. The Balaban J connectivity index is 1.65. The van der Waals surface area contributed by atoms with Crippen LogP contribution in [0, 0.1) is 5.92 Å². The van der Waals surface area contributed by atoms with Crippen LogP contribution in [0.1, 0.15) is 20.3 Å². The zero-order chi connectivity index (χ0) is 23.5. The number of nitrogens with zero attached hydrogens (tertiary/aromatic N) is 4. The van der Waals surface area contributed by atoms with Gasteiger partial charge in [-0.05, 0) is 42.7 Å². The van der Waals surface area contributed by atoms with Gasteiger partial charge in [-0.15, -0.1) is 0 Å². The highest BCUT2D eigenvalue weighted by Gasteiger charge is 2.28. The van der Waals surface area contributed by atoms with E-state index in [4.69, 9.17) is 14.7 Å². The molecule has 3 aromatic rings. The van der Waals surface area contributed by atoms with E-state index in [1.165, 1.54) is 0 Å².